The van der Waals surface area contributed by atoms with Gasteiger partial charge in [-0.05, 0) is 45.1 Å². The van der Waals surface area contributed by atoms with Crippen molar-refractivity contribution >= 4 is 29.5 Å². The number of carboxylic acid groups (broad SMARTS) is 1. The molecule has 0 aromatic carbocycles. The fourth-order valence-corrected chi connectivity index (χ4v) is 7.21. The molecule has 0 bridgehead atoms. The highest BCUT2D eigenvalue weighted by Crippen LogP contribution is 2.51. The molecular weight excluding hydrogens is 432 g/mol. The molecule has 9 nitrogen and oxygen atoms in total. The lowest BCUT2D eigenvalue weighted by atomic mass is 9.79. The molecule has 0 aliphatic carbocycles. The van der Waals surface area contributed by atoms with Crippen molar-refractivity contribution in [1.29, 1.82) is 0 Å². The fraction of sp³-hybridized carbons (Fsp3) is 0.773. The molecule has 0 unspecified atom stereocenters. The molecule has 4 rings (SSSR count). The van der Waals surface area contributed by atoms with Gasteiger partial charge in [0.2, 0.25) is 11.8 Å². The van der Waals surface area contributed by atoms with Crippen molar-refractivity contribution < 1.29 is 24.6 Å². The maximum Gasteiger partial charge on any atom is 0.353 e. The van der Waals surface area contributed by atoms with Gasteiger partial charge in [0.25, 0.3) is 0 Å². The Balaban J connectivity index is 1.39. The maximum atomic E-state index is 13.0. The molecule has 0 aromatic heterocycles. The lowest BCUT2D eigenvalue weighted by molar-refractivity contribution is -0.163. The van der Waals surface area contributed by atoms with Gasteiger partial charge in [-0.3, -0.25) is 9.59 Å². The van der Waals surface area contributed by atoms with E-state index in [1.54, 1.807) is 6.92 Å². The summed E-state index contributed by atoms with van der Waals surface area (Å²) in [7, 11) is 0. The Hall–Kier alpha value is -1.62. The zero-order valence-electron chi connectivity index (χ0n) is 18.7. The molecule has 32 heavy (non-hydrogen) atoms. The number of nitrogens with zero attached hydrogens (tertiary/aromatic N) is 2. The standard InChI is InChI=1S/C22H34N4O5S/c1-11-17-16(12(2)27)21(29)26(17)18(22(30)31)19(11)32-14-8-15(24-9-14)20(28)25-7-5-13(10-25)4-3-6-23/h11-17,24,27H,3-10,23H2,1-2H3,(H,30,31)/t11-,12-,13+,14+,15+,16-,17-/m1/s1. The highest BCUT2D eigenvalue weighted by Gasteiger charge is 2.60. The van der Waals surface area contributed by atoms with Crippen molar-refractivity contribution in [2.24, 2.45) is 23.5 Å². The topological polar surface area (TPSA) is 136 Å². The zero-order chi connectivity index (χ0) is 23.2. The van der Waals surface area contributed by atoms with Crippen LogP contribution in [0.25, 0.3) is 0 Å². The van der Waals surface area contributed by atoms with E-state index >= 15 is 0 Å². The predicted octanol–water partition coefficient (Wildman–Crippen LogP) is 0.191. The average molecular weight is 467 g/mol. The summed E-state index contributed by atoms with van der Waals surface area (Å²) in [6.07, 6.45) is 2.90. The number of aliphatic hydroxyl groups excluding tert-OH is 1. The number of aliphatic carboxylic acids is 1. The first kappa shape index (κ1) is 23.5. The van der Waals surface area contributed by atoms with E-state index in [1.807, 2.05) is 11.8 Å². The second-order valence-electron chi connectivity index (χ2n) is 9.58. The summed E-state index contributed by atoms with van der Waals surface area (Å²) in [5.74, 6) is -1.49. The molecule has 3 saturated heterocycles. The average Bonchev–Trinajstić information content (AvgIpc) is 3.45. The second kappa shape index (κ2) is 9.32. The minimum atomic E-state index is -1.11. The number of fused-ring (bicyclic) bond motifs is 1. The van der Waals surface area contributed by atoms with Crippen molar-refractivity contribution in [1.82, 2.24) is 15.1 Å². The molecule has 10 heteroatoms. The number of rotatable bonds is 8. The highest BCUT2D eigenvalue weighted by atomic mass is 32.2. The first-order chi connectivity index (χ1) is 15.2. The smallest absolute Gasteiger partial charge is 0.353 e. The van der Waals surface area contributed by atoms with Gasteiger partial charge in [0.15, 0.2) is 0 Å². The third-order valence-electron chi connectivity index (χ3n) is 7.41. The van der Waals surface area contributed by atoms with Gasteiger partial charge in [0, 0.05) is 35.7 Å². The molecule has 3 fully saturated rings. The van der Waals surface area contributed by atoms with Gasteiger partial charge < -0.3 is 31.1 Å². The third-order valence-corrected chi connectivity index (χ3v) is 8.92. The number of nitrogens with two attached hydrogens (primary N) is 1. The lowest BCUT2D eigenvalue weighted by Gasteiger charge is -2.46. The largest absolute Gasteiger partial charge is 0.477 e. The van der Waals surface area contributed by atoms with Crippen LogP contribution < -0.4 is 11.1 Å². The molecule has 0 spiro atoms. The molecule has 4 heterocycles. The quantitative estimate of drug-likeness (QED) is 0.372. The Labute approximate surface area is 192 Å². The van der Waals surface area contributed by atoms with E-state index in [0.29, 0.717) is 30.3 Å². The van der Waals surface area contributed by atoms with Gasteiger partial charge >= 0.3 is 5.97 Å². The molecule has 0 saturated carbocycles. The monoisotopic (exact) mass is 466 g/mol. The van der Waals surface area contributed by atoms with Crippen LogP contribution in [0, 0.1) is 17.8 Å². The summed E-state index contributed by atoms with van der Waals surface area (Å²) in [5, 5.41) is 23.2. The van der Waals surface area contributed by atoms with Gasteiger partial charge in [-0.25, -0.2) is 4.79 Å². The van der Waals surface area contributed by atoms with Crippen molar-refractivity contribution in [2.75, 3.05) is 26.2 Å². The number of carbonyl (C=O) groups is 3. The van der Waals surface area contributed by atoms with E-state index < -0.39 is 18.0 Å². The molecule has 2 amide bonds. The van der Waals surface area contributed by atoms with Crippen LogP contribution in [0.4, 0.5) is 0 Å². The molecule has 5 N–H and O–H groups in total. The molecular formula is C22H34N4O5S. The Morgan fingerprint density at radius 2 is 2.12 bits per heavy atom. The van der Waals surface area contributed by atoms with Gasteiger partial charge in [0.1, 0.15) is 5.70 Å². The number of nitrogens with one attached hydrogen (secondary N) is 1. The first-order valence-electron chi connectivity index (χ1n) is 11.6. The highest BCUT2D eigenvalue weighted by molar-refractivity contribution is 8.03. The van der Waals surface area contributed by atoms with E-state index in [1.165, 1.54) is 16.7 Å². The van der Waals surface area contributed by atoms with Crippen LogP contribution in [-0.2, 0) is 14.4 Å². The number of likely N-dealkylation sites (tertiary alicyclic amines) is 1. The predicted molar refractivity (Wildman–Crippen MR) is 120 cm³/mol. The summed E-state index contributed by atoms with van der Waals surface area (Å²) < 4.78 is 0. The van der Waals surface area contributed by atoms with E-state index in [4.69, 9.17) is 5.73 Å². The molecule has 4 aliphatic rings. The number of aliphatic hydroxyl groups is 1. The normalized spacial score (nSPS) is 35.3. The van der Waals surface area contributed by atoms with Crippen LogP contribution in [-0.4, -0.2) is 87.4 Å². The minimum absolute atomic E-state index is 0.0477. The zero-order valence-corrected chi connectivity index (χ0v) is 19.5. The van der Waals surface area contributed by atoms with Gasteiger partial charge in [-0.2, -0.15) is 0 Å². The Morgan fingerprint density at radius 3 is 2.78 bits per heavy atom. The third kappa shape index (κ3) is 4.06. The van der Waals surface area contributed by atoms with Crippen LogP contribution in [0.3, 0.4) is 0 Å². The van der Waals surface area contributed by atoms with Crippen molar-refractivity contribution in [2.45, 2.75) is 63.0 Å². The number of hydrogen-bond acceptors (Lipinski definition) is 7. The molecule has 0 aromatic rings. The summed E-state index contributed by atoms with van der Waals surface area (Å²) in [6, 6.07) is -0.562. The minimum Gasteiger partial charge on any atom is -0.477 e. The van der Waals surface area contributed by atoms with Crippen LogP contribution in [0.5, 0.6) is 0 Å². The van der Waals surface area contributed by atoms with Crippen molar-refractivity contribution in [3.63, 3.8) is 0 Å². The van der Waals surface area contributed by atoms with E-state index in [0.717, 1.165) is 32.4 Å². The second-order valence-corrected chi connectivity index (χ2v) is 10.9. The summed E-state index contributed by atoms with van der Waals surface area (Å²) in [4.78, 5) is 41.5. The van der Waals surface area contributed by atoms with Crippen molar-refractivity contribution in [3.05, 3.63) is 10.6 Å². The molecule has 4 aliphatic heterocycles. The van der Waals surface area contributed by atoms with E-state index in [-0.39, 0.29) is 40.8 Å². The molecule has 7 atom stereocenters. The Morgan fingerprint density at radius 1 is 1.38 bits per heavy atom. The number of carboxylic acids is 1. The number of thioether (sulfide) groups is 1. The van der Waals surface area contributed by atoms with Gasteiger partial charge in [0.05, 0.1) is 24.1 Å². The SMILES string of the molecule is C[C@@H](O)[C@H]1C(=O)N2C(C(=O)O)=C(S[C@@H]3CN[C@H](C(=O)N4CC[C@H](CCCN)C4)C3)[C@H](C)[C@H]12. The van der Waals surface area contributed by atoms with Crippen LogP contribution >= 0.6 is 11.8 Å². The maximum absolute atomic E-state index is 13.0. The molecule has 178 valence electrons. The van der Waals surface area contributed by atoms with Crippen LogP contribution in [0.2, 0.25) is 0 Å². The number of amides is 2. The number of β-lactam (4-membered cyclic amide) rings is 1. The van der Waals surface area contributed by atoms with Gasteiger partial charge in [-0.15, -0.1) is 11.8 Å². The first-order valence-corrected chi connectivity index (χ1v) is 12.5. The lowest BCUT2D eigenvalue weighted by Crippen LogP contribution is -2.63. The summed E-state index contributed by atoms with van der Waals surface area (Å²) >= 11 is 1.47. The van der Waals surface area contributed by atoms with E-state index in [9.17, 15) is 24.6 Å². The summed E-state index contributed by atoms with van der Waals surface area (Å²) in [6.45, 7) is 6.38. The number of carbonyl (C=O) groups excluding carboxylic acids is 2. The van der Waals surface area contributed by atoms with Gasteiger partial charge in [-0.1, -0.05) is 6.92 Å². The Kier molecular flexibility index (Phi) is 6.86. The van der Waals surface area contributed by atoms with Crippen molar-refractivity contribution in [3.8, 4) is 0 Å². The summed E-state index contributed by atoms with van der Waals surface area (Å²) in [5.41, 5.74) is 5.65. The molecule has 0 radical (unpaired) electrons. The van der Waals surface area contributed by atoms with E-state index in [2.05, 4.69) is 5.32 Å². The fourth-order valence-electron chi connectivity index (χ4n) is 5.73. The van der Waals surface area contributed by atoms with Crippen LogP contribution in [0.15, 0.2) is 10.6 Å². The number of hydrogen-bond donors (Lipinski definition) is 4. The van der Waals surface area contributed by atoms with Crippen LogP contribution in [0.1, 0.15) is 39.5 Å². The Bertz CT molecular complexity index is 818.